The second-order valence-corrected chi connectivity index (χ2v) is 6.14. The number of nitrogens with one attached hydrogen (secondary N) is 2. The van der Waals surface area contributed by atoms with Gasteiger partial charge < -0.3 is 16.2 Å². The maximum atomic E-state index is 9.33. The normalized spacial score (nSPS) is 10.9. The molecule has 6 heteroatoms. The van der Waals surface area contributed by atoms with E-state index in [4.69, 9.17) is 5.73 Å². The van der Waals surface area contributed by atoms with Gasteiger partial charge in [0.05, 0.1) is 5.52 Å². The number of nitrogen functional groups attached to an aromatic ring is 1. The Morgan fingerprint density at radius 2 is 1.81 bits per heavy atom. The summed E-state index contributed by atoms with van der Waals surface area (Å²) in [6, 6.07) is 17.3. The van der Waals surface area contributed by atoms with Crippen molar-refractivity contribution in [2.24, 2.45) is 0 Å². The lowest BCUT2D eigenvalue weighted by molar-refractivity contribution is 0.475. The Bertz CT molecular complexity index is 1040. The van der Waals surface area contributed by atoms with E-state index in [1.54, 1.807) is 18.3 Å². The quantitative estimate of drug-likeness (QED) is 0.443. The van der Waals surface area contributed by atoms with E-state index in [0.29, 0.717) is 5.82 Å². The minimum atomic E-state index is 0.284. The molecule has 0 amide bonds. The first-order valence-corrected chi connectivity index (χ1v) is 8.41. The van der Waals surface area contributed by atoms with Gasteiger partial charge in [-0.25, -0.2) is 4.98 Å². The third-order valence-corrected chi connectivity index (χ3v) is 4.34. The van der Waals surface area contributed by atoms with E-state index in [-0.39, 0.29) is 5.75 Å². The predicted molar refractivity (Wildman–Crippen MR) is 104 cm³/mol. The first kappa shape index (κ1) is 16.0. The topological polar surface area (TPSA) is 99.9 Å². The molecule has 2 heterocycles. The number of hydrogen-bond donors (Lipinski definition) is 4. The van der Waals surface area contributed by atoms with Gasteiger partial charge in [0.25, 0.3) is 0 Å². The van der Waals surface area contributed by atoms with E-state index in [1.165, 1.54) is 0 Å². The summed E-state index contributed by atoms with van der Waals surface area (Å²) >= 11 is 0. The molecule has 0 bridgehead atoms. The van der Waals surface area contributed by atoms with Gasteiger partial charge in [-0.05, 0) is 59.5 Å². The molecule has 0 aliphatic heterocycles. The Labute approximate surface area is 150 Å². The Kier molecular flexibility index (Phi) is 4.15. The van der Waals surface area contributed by atoms with E-state index in [9.17, 15) is 5.11 Å². The molecular weight excluding hydrogens is 326 g/mol. The number of phenolic OH excluding ortho intramolecular Hbond substituents is 1. The van der Waals surface area contributed by atoms with Crippen LogP contribution in [0.25, 0.3) is 22.0 Å². The number of aromatic amines is 1. The van der Waals surface area contributed by atoms with Gasteiger partial charge in [0, 0.05) is 18.1 Å². The van der Waals surface area contributed by atoms with Gasteiger partial charge in [-0.1, -0.05) is 18.2 Å². The summed E-state index contributed by atoms with van der Waals surface area (Å²) in [4.78, 5) is 4.39. The second kappa shape index (κ2) is 6.76. The number of nitrogens with two attached hydrogens (primary N) is 1. The Morgan fingerprint density at radius 3 is 2.65 bits per heavy atom. The zero-order valence-corrected chi connectivity index (χ0v) is 14.1. The number of aromatic hydroxyl groups is 1. The van der Waals surface area contributed by atoms with Crippen molar-refractivity contribution < 1.29 is 5.11 Å². The largest absolute Gasteiger partial charge is 0.508 e. The lowest BCUT2D eigenvalue weighted by Crippen LogP contribution is -2.06. The van der Waals surface area contributed by atoms with Gasteiger partial charge in [-0.2, -0.15) is 5.10 Å². The summed E-state index contributed by atoms with van der Waals surface area (Å²) in [6.07, 6.45) is 2.64. The van der Waals surface area contributed by atoms with E-state index in [2.05, 4.69) is 20.5 Å². The standard InChI is InChI=1S/C20H19N5O/c21-20-17-11-14(3-6-18(17)24-25-20)15-8-10-23-19(12-15)22-9-7-13-1-4-16(26)5-2-13/h1-6,8,10-12,26H,7,9H2,(H,22,23)(H3,21,24,25). The number of rotatable bonds is 5. The van der Waals surface area contributed by atoms with Gasteiger partial charge in [0.2, 0.25) is 0 Å². The number of H-pyrrole nitrogens is 1. The van der Waals surface area contributed by atoms with Gasteiger partial charge in [-0.3, -0.25) is 5.10 Å². The summed E-state index contributed by atoms with van der Waals surface area (Å²) in [6.45, 7) is 0.759. The van der Waals surface area contributed by atoms with Crippen LogP contribution in [0.4, 0.5) is 11.6 Å². The highest BCUT2D eigenvalue weighted by Crippen LogP contribution is 2.27. The van der Waals surface area contributed by atoms with Crippen molar-refractivity contribution in [1.29, 1.82) is 0 Å². The summed E-state index contributed by atoms with van der Waals surface area (Å²) < 4.78 is 0. The van der Waals surface area contributed by atoms with E-state index in [1.807, 2.05) is 42.5 Å². The van der Waals surface area contributed by atoms with Gasteiger partial charge in [0.1, 0.15) is 11.6 Å². The average Bonchev–Trinajstić information content (AvgIpc) is 3.04. The molecule has 2 aromatic heterocycles. The first-order chi connectivity index (χ1) is 12.7. The van der Waals surface area contributed by atoms with Crippen molar-refractivity contribution in [2.75, 3.05) is 17.6 Å². The lowest BCUT2D eigenvalue weighted by Gasteiger charge is -2.08. The van der Waals surface area contributed by atoms with Crippen molar-refractivity contribution in [3.63, 3.8) is 0 Å². The lowest BCUT2D eigenvalue weighted by atomic mass is 10.0. The van der Waals surface area contributed by atoms with E-state index >= 15 is 0 Å². The molecular formula is C20H19N5O. The Morgan fingerprint density at radius 1 is 1.00 bits per heavy atom. The van der Waals surface area contributed by atoms with Crippen molar-refractivity contribution in [2.45, 2.75) is 6.42 Å². The van der Waals surface area contributed by atoms with Crippen LogP contribution in [0, 0.1) is 0 Å². The van der Waals surface area contributed by atoms with Crippen LogP contribution < -0.4 is 11.1 Å². The smallest absolute Gasteiger partial charge is 0.153 e. The molecule has 0 fully saturated rings. The van der Waals surface area contributed by atoms with E-state index < -0.39 is 0 Å². The Balaban J connectivity index is 1.48. The van der Waals surface area contributed by atoms with Crippen LogP contribution in [0.15, 0.2) is 60.8 Å². The molecule has 4 aromatic rings. The summed E-state index contributed by atoms with van der Waals surface area (Å²) in [5, 5.41) is 20.5. The maximum absolute atomic E-state index is 9.33. The maximum Gasteiger partial charge on any atom is 0.153 e. The first-order valence-electron chi connectivity index (χ1n) is 8.41. The third-order valence-electron chi connectivity index (χ3n) is 4.34. The fourth-order valence-electron chi connectivity index (χ4n) is 2.92. The summed E-state index contributed by atoms with van der Waals surface area (Å²) in [5.74, 6) is 1.61. The molecule has 0 aliphatic rings. The summed E-state index contributed by atoms with van der Waals surface area (Å²) in [7, 11) is 0. The molecule has 0 saturated heterocycles. The van der Waals surface area contributed by atoms with Crippen molar-refractivity contribution in [3.05, 3.63) is 66.4 Å². The third kappa shape index (κ3) is 3.30. The van der Waals surface area contributed by atoms with Crippen molar-refractivity contribution >= 4 is 22.5 Å². The predicted octanol–water partition coefficient (Wildman–Crippen LogP) is 3.57. The minimum Gasteiger partial charge on any atom is -0.508 e. The molecule has 0 radical (unpaired) electrons. The van der Waals surface area contributed by atoms with Crippen LogP contribution >= 0.6 is 0 Å². The molecule has 0 aliphatic carbocycles. The molecule has 0 unspecified atom stereocenters. The van der Waals surface area contributed by atoms with Crippen LogP contribution in [0.3, 0.4) is 0 Å². The second-order valence-electron chi connectivity index (χ2n) is 6.14. The van der Waals surface area contributed by atoms with Gasteiger partial charge >= 0.3 is 0 Å². The number of nitrogens with zero attached hydrogens (tertiary/aromatic N) is 2. The number of anilines is 2. The minimum absolute atomic E-state index is 0.284. The SMILES string of the molecule is Nc1n[nH]c2ccc(-c3ccnc(NCCc4ccc(O)cc4)c3)cc12. The molecule has 0 saturated carbocycles. The van der Waals surface area contributed by atoms with Crippen LogP contribution in [0.1, 0.15) is 5.56 Å². The molecule has 130 valence electrons. The molecule has 6 nitrogen and oxygen atoms in total. The zero-order chi connectivity index (χ0) is 17.9. The molecule has 0 atom stereocenters. The number of hydrogen-bond acceptors (Lipinski definition) is 5. The summed E-state index contributed by atoms with van der Waals surface area (Å²) in [5.41, 5.74) is 10.1. The van der Waals surface area contributed by atoms with Crippen LogP contribution in [0.2, 0.25) is 0 Å². The average molecular weight is 345 g/mol. The molecule has 4 rings (SSSR count). The van der Waals surface area contributed by atoms with Gasteiger partial charge in [-0.15, -0.1) is 0 Å². The Hall–Kier alpha value is -3.54. The fraction of sp³-hybridized carbons (Fsp3) is 0.100. The number of fused-ring (bicyclic) bond motifs is 1. The molecule has 0 spiro atoms. The molecule has 26 heavy (non-hydrogen) atoms. The highest BCUT2D eigenvalue weighted by atomic mass is 16.3. The molecule has 5 N–H and O–H groups in total. The van der Waals surface area contributed by atoms with Gasteiger partial charge in [0.15, 0.2) is 5.82 Å². The van der Waals surface area contributed by atoms with Crippen molar-refractivity contribution in [3.8, 4) is 16.9 Å². The van der Waals surface area contributed by atoms with Crippen LogP contribution in [-0.2, 0) is 6.42 Å². The van der Waals surface area contributed by atoms with Crippen LogP contribution in [0.5, 0.6) is 5.75 Å². The number of aromatic nitrogens is 3. The highest BCUT2D eigenvalue weighted by Gasteiger charge is 2.06. The number of benzene rings is 2. The monoisotopic (exact) mass is 345 g/mol. The molecule has 2 aromatic carbocycles. The van der Waals surface area contributed by atoms with E-state index in [0.717, 1.165) is 46.4 Å². The van der Waals surface area contributed by atoms with Crippen molar-refractivity contribution in [1.82, 2.24) is 15.2 Å². The zero-order valence-electron chi connectivity index (χ0n) is 14.1. The highest BCUT2D eigenvalue weighted by molar-refractivity contribution is 5.92. The number of pyridine rings is 1. The van der Waals surface area contributed by atoms with Crippen LogP contribution in [-0.4, -0.2) is 26.8 Å². The number of phenols is 1. The fourth-order valence-corrected chi connectivity index (χ4v) is 2.92.